The molecule has 1 amide bonds. The Morgan fingerprint density at radius 3 is 2.62 bits per heavy atom. The number of anilines is 1. The first kappa shape index (κ1) is 26.5. The number of nitrogen functional groups attached to an aromatic ring is 1. The van der Waals surface area contributed by atoms with Gasteiger partial charge in [-0.05, 0) is 38.4 Å². The highest BCUT2D eigenvalue weighted by molar-refractivity contribution is 5.95. The Bertz CT molecular complexity index is 1670. The van der Waals surface area contributed by atoms with Gasteiger partial charge in [-0.15, -0.1) is 10.2 Å². The van der Waals surface area contributed by atoms with E-state index in [1.807, 2.05) is 48.0 Å². The van der Waals surface area contributed by atoms with Crippen molar-refractivity contribution in [3.8, 4) is 23.3 Å². The maximum absolute atomic E-state index is 12.8. The van der Waals surface area contributed by atoms with E-state index < -0.39 is 0 Å². The molecule has 0 unspecified atom stereocenters. The van der Waals surface area contributed by atoms with Crippen LogP contribution in [0.15, 0.2) is 53.9 Å². The fourth-order valence-corrected chi connectivity index (χ4v) is 4.45. The standard InChI is InChI=1S/C28H28N8O4/c1-6-24(37)36-14-19(11-22(36)28-33-32-23(40-28)15-34(2)3)35-13-18(25-26(29)30-16-31-27(25)35)8-7-17-9-20(38-4)12-21(10-17)39-5/h6,9-13,16,19H,1,14-15H2,2-5H3,(H2,29,30,31)/t19-/m1/s1. The van der Waals surface area contributed by atoms with E-state index in [9.17, 15) is 4.79 Å². The van der Waals surface area contributed by atoms with Crippen molar-refractivity contribution in [3.05, 3.63) is 72.4 Å². The molecule has 204 valence electrons. The molecule has 0 spiro atoms. The van der Waals surface area contributed by atoms with Crippen LogP contribution >= 0.6 is 0 Å². The van der Waals surface area contributed by atoms with E-state index in [-0.39, 0.29) is 17.8 Å². The quantitative estimate of drug-likeness (QED) is 0.275. The third-order valence-corrected chi connectivity index (χ3v) is 6.28. The number of nitrogens with two attached hydrogens (primary N) is 1. The summed E-state index contributed by atoms with van der Waals surface area (Å²) < 4.78 is 18.5. The summed E-state index contributed by atoms with van der Waals surface area (Å²) in [5.74, 6) is 8.29. The molecule has 12 heteroatoms. The van der Waals surface area contributed by atoms with E-state index in [2.05, 4.69) is 38.6 Å². The van der Waals surface area contributed by atoms with Crippen LogP contribution in [0.25, 0.3) is 16.7 Å². The Morgan fingerprint density at radius 2 is 1.95 bits per heavy atom. The minimum Gasteiger partial charge on any atom is -0.497 e. The van der Waals surface area contributed by atoms with Crippen LogP contribution in [0.5, 0.6) is 11.5 Å². The van der Waals surface area contributed by atoms with Gasteiger partial charge in [0.25, 0.3) is 11.8 Å². The number of ether oxygens (including phenoxy) is 2. The second-order valence-electron chi connectivity index (χ2n) is 9.27. The van der Waals surface area contributed by atoms with Crippen molar-refractivity contribution in [2.24, 2.45) is 0 Å². The highest BCUT2D eigenvalue weighted by Gasteiger charge is 2.33. The van der Waals surface area contributed by atoms with Gasteiger partial charge in [0, 0.05) is 17.8 Å². The number of nitrogens with zero attached hydrogens (tertiary/aromatic N) is 7. The first-order chi connectivity index (χ1) is 19.3. The molecule has 1 aliphatic rings. The number of fused-ring (bicyclic) bond motifs is 1. The topological polar surface area (TPSA) is 138 Å². The number of hydrogen-bond donors (Lipinski definition) is 1. The van der Waals surface area contributed by atoms with Crippen molar-refractivity contribution in [3.63, 3.8) is 0 Å². The zero-order valence-electron chi connectivity index (χ0n) is 22.6. The smallest absolute Gasteiger partial charge is 0.264 e. The summed E-state index contributed by atoms with van der Waals surface area (Å²) in [6.45, 7) is 4.41. The van der Waals surface area contributed by atoms with Crippen molar-refractivity contribution >= 4 is 28.5 Å². The Morgan fingerprint density at radius 1 is 1.20 bits per heavy atom. The van der Waals surface area contributed by atoms with Crippen molar-refractivity contribution in [1.82, 2.24) is 34.5 Å². The molecule has 1 aliphatic heterocycles. The van der Waals surface area contributed by atoms with Gasteiger partial charge in [-0.3, -0.25) is 4.79 Å². The van der Waals surface area contributed by atoms with Crippen LogP contribution in [0, 0.1) is 11.8 Å². The van der Waals surface area contributed by atoms with Gasteiger partial charge in [-0.1, -0.05) is 18.4 Å². The van der Waals surface area contributed by atoms with Gasteiger partial charge < -0.3 is 34.0 Å². The van der Waals surface area contributed by atoms with E-state index in [0.29, 0.717) is 64.2 Å². The highest BCUT2D eigenvalue weighted by Crippen LogP contribution is 2.35. The zero-order valence-corrected chi connectivity index (χ0v) is 22.6. The average Bonchev–Trinajstić information content (AvgIpc) is 3.68. The highest BCUT2D eigenvalue weighted by atomic mass is 16.5. The number of methoxy groups -OCH3 is 2. The summed E-state index contributed by atoms with van der Waals surface area (Å²) in [5.41, 5.74) is 8.68. The monoisotopic (exact) mass is 540 g/mol. The lowest BCUT2D eigenvalue weighted by atomic mass is 10.1. The fraction of sp³-hybridized carbons (Fsp3) is 0.250. The van der Waals surface area contributed by atoms with Crippen LogP contribution in [-0.2, 0) is 11.3 Å². The lowest BCUT2D eigenvalue weighted by Crippen LogP contribution is -2.28. The Hall–Kier alpha value is -5.15. The van der Waals surface area contributed by atoms with Crippen LogP contribution in [0.3, 0.4) is 0 Å². The number of hydrogen-bond acceptors (Lipinski definition) is 10. The molecule has 40 heavy (non-hydrogen) atoms. The van der Waals surface area contributed by atoms with Gasteiger partial charge in [-0.25, -0.2) is 9.97 Å². The van der Waals surface area contributed by atoms with Crippen LogP contribution < -0.4 is 15.2 Å². The Kier molecular flexibility index (Phi) is 7.22. The maximum atomic E-state index is 12.8. The second kappa shape index (κ2) is 10.9. The maximum Gasteiger partial charge on any atom is 0.264 e. The molecule has 0 saturated carbocycles. The molecule has 2 N–H and O–H groups in total. The first-order valence-electron chi connectivity index (χ1n) is 12.3. The summed E-state index contributed by atoms with van der Waals surface area (Å²) >= 11 is 0. The van der Waals surface area contributed by atoms with Gasteiger partial charge in [0.05, 0.1) is 44.3 Å². The number of aromatic nitrogens is 5. The molecule has 1 atom stereocenters. The predicted molar refractivity (Wildman–Crippen MR) is 148 cm³/mol. The number of amides is 1. The largest absolute Gasteiger partial charge is 0.497 e. The van der Waals surface area contributed by atoms with Crippen molar-refractivity contribution < 1.29 is 18.7 Å². The van der Waals surface area contributed by atoms with E-state index >= 15 is 0 Å². The molecule has 0 aliphatic carbocycles. The van der Waals surface area contributed by atoms with E-state index in [4.69, 9.17) is 19.6 Å². The fourth-order valence-electron chi connectivity index (χ4n) is 4.45. The molecule has 5 rings (SSSR count). The van der Waals surface area contributed by atoms with Crippen molar-refractivity contribution in [1.29, 1.82) is 0 Å². The first-order valence-corrected chi connectivity index (χ1v) is 12.3. The van der Waals surface area contributed by atoms with E-state index in [1.54, 1.807) is 25.2 Å². The lowest BCUT2D eigenvalue weighted by molar-refractivity contribution is -0.122. The minimum absolute atomic E-state index is 0.243. The average molecular weight is 541 g/mol. The number of benzene rings is 1. The Labute approximate surface area is 230 Å². The van der Waals surface area contributed by atoms with Gasteiger partial charge in [0.2, 0.25) is 5.89 Å². The van der Waals surface area contributed by atoms with Gasteiger partial charge >= 0.3 is 0 Å². The van der Waals surface area contributed by atoms with Crippen LogP contribution in [0.2, 0.25) is 0 Å². The third kappa shape index (κ3) is 5.10. The van der Waals surface area contributed by atoms with Gasteiger partial charge in [-0.2, -0.15) is 0 Å². The van der Waals surface area contributed by atoms with Crippen LogP contribution in [0.4, 0.5) is 5.82 Å². The lowest BCUT2D eigenvalue weighted by Gasteiger charge is -2.18. The number of rotatable bonds is 7. The molecule has 4 heterocycles. The SMILES string of the molecule is C=CC(=O)N1C[C@H](n2cc(C#Cc3cc(OC)cc(OC)c3)c3c(N)ncnc32)C=C1c1nnc(CN(C)C)o1. The molecular formula is C28H28N8O4. The van der Waals surface area contributed by atoms with Gasteiger partial charge in [0.1, 0.15) is 35.0 Å². The summed E-state index contributed by atoms with van der Waals surface area (Å²) in [7, 11) is 6.97. The summed E-state index contributed by atoms with van der Waals surface area (Å²) in [6.07, 6.45) is 6.39. The van der Waals surface area contributed by atoms with E-state index in [0.717, 1.165) is 0 Å². The van der Waals surface area contributed by atoms with Crippen molar-refractivity contribution in [2.45, 2.75) is 12.6 Å². The number of carbonyl (C=O) groups is 1. The molecule has 3 aromatic heterocycles. The van der Waals surface area contributed by atoms with E-state index in [1.165, 1.54) is 12.4 Å². The molecule has 1 aromatic carbocycles. The van der Waals surface area contributed by atoms with Crippen molar-refractivity contribution in [2.75, 3.05) is 40.6 Å². The van der Waals surface area contributed by atoms with Gasteiger partial charge in [0.15, 0.2) is 0 Å². The molecular weight excluding hydrogens is 512 g/mol. The Balaban J connectivity index is 1.58. The molecule has 0 fully saturated rings. The normalized spacial score (nSPS) is 14.7. The minimum atomic E-state index is -0.327. The zero-order chi connectivity index (χ0) is 28.4. The summed E-state index contributed by atoms with van der Waals surface area (Å²) in [5, 5.41) is 8.91. The molecule has 12 nitrogen and oxygen atoms in total. The van der Waals surface area contributed by atoms with Crippen LogP contribution in [-0.4, -0.2) is 75.3 Å². The molecule has 0 saturated heterocycles. The third-order valence-electron chi connectivity index (χ3n) is 6.28. The predicted octanol–water partition coefficient (Wildman–Crippen LogP) is 2.49. The second-order valence-corrected chi connectivity index (χ2v) is 9.27. The number of carbonyl (C=O) groups excluding carboxylic acids is 1. The molecule has 4 aromatic rings. The molecule has 0 bridgehead atoms. The molecule has 0 radical (unpaired) electrons. The summed E-state index contributed by atoms with van der Waals surface area (Å²) in [4.78, 5) is 25.0. The van der Waals surface area contributed by atoms with Crippen LogP contribution in [0.1, 0.15) is 29.0 Å². The summed E-state index contributed by atoms with van der Waals surface area (Å²) in [6, 6.07) is 5.07.